The summed E-state index contributed by atoms with van der Waals surface area (Å²) >= 11 is 6.16. The SMILES string of the molecule is CCOc1ccccc1CNC(=O)[C@H](C)Oc1cc(C)c(Cl)c(C)c1. The van der Waals surface area contributed by atoms with E-state index in [1.807, 2.05) is 57.2 Å². The monoisotopic (exact) mass is 361 g/mol. The molecular weight excluding hydrogens is 338 g/mol. The minimum atomic E-state index is -0.612. The maximum absolute atomic E-state index is 12.3. The highest BCUT2D eigenvalue weighted by atomic mass is 35.5. The first-order valence-corrected chi connectivity index (χ1v) is 8.72. The van der Waals surface area contributed by atoms with Crippen LogP contribution in [-0.4, -0.2) is 18.6 Å². The Hall–Kier alpha value is -2.20. The van der Waals surface area contributed by atoms with Gasteiger partial charge in [-0.1, -0.05) is 29.8 Å². The Labute approximate surface area is 154 Å². The largest absolute Gasteiger partial charge is 0.494 e. The maximum Gasteiger partial charge on any atom is 0.261 e. The lowest BCUT2D eigenvalue weighted by atomic mass is 10.1. The molecule has 0 unspecified atom stereocenters. The van der Waals surface area contributed by atoms with Gasteiger partial charge < -0.3 is 14.8 Å². The predicted molar refractivity (Wildman–Crippen MR) is 100 cm³/mol. The summed E-state index contributed by atoms with van der Waals surface area (Å²) < 4.78 is 11.3. The quantitative estimate of drug-likeness (QED) is 0.793. The van der Waals surface area contributed by atoms with Gasteiger partial charge in [0.2, 0.25) is 0 Å². The molecule has 0 aliphatic carbocycles. The second-order valence-electron chi connectivity index (χ2n) is 5.89. The van der Waals surface area contributed by atoms with Gasteiger partial charge in [-0.15, -0.1) is 0 Å². The number of benzene rings is 2. The maximum atomic E-state index is 12.3. The summed E-state index contributed by atoms with van der Waals surface area (Å²) in [7, 11) is 0. The van der Waals surface area contributed by atoms with Gasteiger partial charge in [0.05, 0.1) is 6.61 Å². The number of ether oxygens (including phenoxy) is 2. The molecule has 0 heterocycles. The molecule has 5 heteroatoms. The highest BCUT2D eigenvalue weighted by Crippen LogP contribution is 2.26. The Bertz CT molecular complexity index is 722. The molecule has 0 radical (unpaired) electrons. The third-order valence-corrected chi connectivity index (χ3v) is 4.41. The van der Waals surface area contributed by atoms with Crippen molar-refractivity contribution in [1.82, 2.24) is 5.32 Å². The van der Waals surface area contributed by atoms with Gasteiger partial charge in [0, 0.05) is 17.1 Å². The fraction of sp³-hybridized carbons (Fsp3) is 0.350. The average Bonchev–Trinajstić information content (AvgIpc) is 2.58. The van der Waals surface area contributed by atoms with Crippen molar-refractivity contribution in [3.05, 3.63) is 58.1 Å². The van der Waals surface area contributed by atoms with Gasteiger partial charge in [-0.2, -0.15) is 0 Å². The molecule has 0 saturated carbocycles. The molecule has 2 aromatic rings. The molecule has 0 fully saturated rings. The fourth-order valence-electron chi connectivity index (χ4n) is 2.50. The third-order valence-electron chi connectivity index (χ3n) is 3.82. The smallest absolute Gasteiger partial charge is 0.261 e. The summed E-state index contributed by atoms with van der Waals surface area (Å²) in [6, 6.07) is 11.3. The summed E-state index contributed by atoms with van der Waals surface area (Å²) in [5, 5.41) is 3.61. The first-order valence-electron chi connectivity index (χ1n) is 8.34. The Balaban J connectivity index is 1.97. The molecule has 0 spiro atoms. The van der Waals surface area contributed by atoms with Crippen LogP contribution in [0.5, 0.6) is 11.5 Å². The van der Waals surface area contributed by atoms with E-state index in [0.717, 1.165) is 27.5 Å². The standard InChI is InChI=1S/C20H24ClNO3/c1-5-24-18-9-7-6-8-16(18)12-22-20(23)15(4)25-17-10-13(2)19(21)14(3)11-17/h6-11,15H,5,12H2,1-4H3,(H,22,23)/t15-/m0/s1. The number of carbonyl (C=O) groups is 1. The normalized spacial score (nSPS) is 11.7. The molecule has 0 aliphatic rings. The first kappa shape index (κ1) is 19.1. The zero-order valence-electron chi connectivity index (χ0n) is 15.1. The highest BCUT2D eigenvalue weighted by molar-refractivity contribution is 6.32. The summed E-state index contributed by atoms with van der Waals surface area (Å²) in [4.78, 5) is 12.3. The Morgan fingerprint density at radius 2 is 1.84 bits per heavy atom. The van der Waals surface area contributed by atoms with Crippen LogP contribution in [0.1, 0.15) is 30.5 Å². The molecule has 2 aromatic carbocycles. The van der Waals surface area contributed by atoms with Crippen LogP contribution in [0.25, 0.3) is 0 Å². The van der Waals surface area contributed by atoms with Crippen molar-refractivity contribution in [2.45, 2.75) is 40.3 Å². The number of hydrogen-bond donors (Lipinski definition) is 1. The Kier molecular flexibility index (Phi) is 6.71. The third kappa shape index (κ3) is 5.13. The Morgan fingerprint density at radius 1 is 1.20 bits per heavy atom. The second kappa shape index (κ2) is 8.77. The van der Waals surface area contributed by atoms with Crippen LogP contribution in [0.4, 0.5) is 0 Å². The zero-order valence-corrected chi connectivity index (χ0v) is 15.8. The topological polar surface area (TPSA) is 47.6 Å². The van der Waals surface area contributed by atoms with E-state index >= 15 is 0 Å². The average molecular weight is 362 g/mol. The van der Waals surface area contributed by atoms with E-state index in [4.69, 9.17) is 21.1 Å². The zero-order chi connectivity index (χ0) is 18.4. The van der Waals surface area contributed by atoms with Gasteiger partial charge in [-0.05, 0) is 57.0 Å². The number of para-hydroxylation sites is 1. The van der Waals surface area contributed by atoms with Crippen LogP contribution in [0.3, 0.4) is 0 Å². The minimum Gasteiger partial charge on any atom is -0.494 e. The number of carbonyl (C=O) groups excluding carboxylic acids is 1. The first-order chi connectivity index (χ1) is 11.9. The van der Waals surface area contributed by atoms with E-state index in [1.165, 1.54) is 0 Å². The summed E-state index contributed by atoms with van der Waals surface area (Å²) in [6.45, 7) is 8.46. The van der Waals surface area contributed by atoms with Crippen molar-refractivity contribution >= 4 is 17.5 Å². The van der Waals surface area contributed by atoms with Gasteiger partial charge in [-0.25, -0.2) is 0 Å². The minimum absolute atomic E-state index is 0.184. The molecular formula is C20H24ClNO3. The van der Waals surface area contributed by atoms with Crippen LogP contribution in [0.15, 0.2) is 36.4 Å². The van der Waals surface area contributed by atoms with Crippen LogP contribution in [0.2, 0.25) is 5.02 Å². The number of halogens is 1. The lowest BCUT2D eigenvalue weighted by Gasteiger charge is -2.17. The molecule has 134 valence electrons. The molecule has 4 nitrogen and oxygen atoms in total. The van der Waals surface area contributed by atoms with Crippen molar-refractivity contribution < 1.29 is 14.3 Å². The van der Waals surface area contributed by atoms with Crippen LogP contribution < -0.4 is 14.8 Å². The van der Waals surface area contributed by atoms with E-state index in [2.05, 4.69) is 5.32 Å². The molecule has 1 atom stereocenters. The van der Waals surface area contributed by atoms with Crippen molar-refractivity contribution in [1.29, 1.82) is 0 Å². The second-order valence-corrected chi connectivity index (χ2v) is 6.27. The van der Waals surface area contributed by atoms with Gasteiger partial charge in [0.15, 0.2) is 6.10 Å². The van der Waals surface area contributed by atoms with Crippen LogP contribution in [0, 0.1) is 13.8 Å². The molecule has 1 amide bonds. The molecule has 2 rings (SSSR count). The van der Waals surface area contributed by atoms with Crippen molar-refractivity contribution in [3.8, 4) is 11.5 Å². The van der Waals surface area contributed by atoms with E-state index in [0.29, 0.717) is 18.9 Å². The van der Waals surface area contributed by atoms with Crippen molar-refractivity contribution in [2.24, 2.45) is 0 Å². The fourth-order valence-corrected chi connectivity index (χ4v) is 2.61. The molecule has 0 aromatic heterocycles. The van der Waals surface area contributed by atoms with Gasteiger partial charge in [0.1, 0.15) is 11.5 Å². The molecule has 0 bridgehead atoms. The van der Waals surface area contributed by atoms with E-state index in [9.17, 15) is 4.79 Å². The summed E-state index contributed by atoms with van der Waals surface area (Å²) in [6.07, 6.45) is -0.612. The van der Waals surface area contributed by atoms with Crippen LogP contribution in [-0.2, 0) is 11.3 Å². The number of nitrogens with one attached hydrogen (secondary N) is 1. The molecule has 1 N–H and O–H groups in total. The van der Waals surface area contributed by atoms with E-state index in [-0.39, 0.29) is 5.91 Å². The van der Waals surface area contributed by atoms with Gasteiger partial charge in [-0.3, -0.25) is 4.79 Å². The number of hydrogen-bond acceptors (Lipinski definition) is 3. The highest BCUT2D eigenvalue weighted by Gasteiger charge is 2.16. The number of aryl methyl sites for hydroxylation is 2. The number of amides is 1. The Morgan fingerprint density at radius 3 is 2.48 bits per heavy atom. The van der Waals surface area contributed by atoms with Crippen molar-refractivity contribution in [2.75, 3.05) is 6.61 Å². The van der Waals surface area contributed by atoms with E-state index < -0.39 is 6.10 Å². The molecule has 25 heavy (non-hydrogen) atoms. The van der Waals surface area contributed by atoms with Gasteiger partial charge >= 0.3 is 0 Å². The van der Waals surface area contributed by atoms with Gasteiger partial charge in [0.25, 0.3) is 5.91 Å². The summed E-state index contributed by atoms with van der Waals surface area (Å²) in [5.74, 6) is 1.23. The number of rotatable bonds is 7. The summed E-state index contributed by atoms with van der Waals surface area (Å²) in [5.41, 5.74) is 2.79. The van der Waals surface area contributed by atoms with Crippen molar-refractivity contribution in [3.63, 3.8) is 0 Å². The predicted octanol–water partition coefficient (Wildman–Crippen LogP) is 4.44. The lowest BCUT2D eigenvalue weighted by Crippen LogP contribution is -2.36. The molecule has 0 saturated heterocycles. The lowest BCUT2D eigenvalue weighted by molar-refractivity contribution is -0.127. The van der Waals surface area contributed by atoms with E-state index in [1.54, 1.807) is 6.92 Å². The van der Waals surface area contributed by atoms with Crippen LogP contribution >= 0.6 is 11.6 Å². The molecule has 0 aliphatic heterocycles.